The summed E-state index contributed by atoms with van der Waals surface area (Å²) in [6.07, 6.45) is 0.565. The molecule has 1 atom stereocenters. The number of rotatable bonds is 7. The summed E-state index contributed by atoms with van der Waals surface area (Å²) in [6.45, 7) is 1.87. The predicted molar refractivity (Wildman–Crippen MR) is 115 cm³/mol. The molecular weight excluding hydrogens is 396 g/mol. The molecular formula is C24H26N2O5. The molecule has 4 rings (SSSR count). The molecule has 2 aromatic rings. The maximum Gasteiger partial charge on any atom is 0.408 e. The van der Waals surface area contributed by atoms with E-state index >= 15 is 0 Å². The number of fused-ring (bicyclic) bond motifs is 3. The van der Waals surface area contributed by atoms with Crippen LogP contribution in [0.4, 0.5) is 4.79 Å². The van der Waals surface area contributed by atoms with Crippen molar-refractivity contribution in [2.75, 3.05) is 13.7 Å². The molecule has 1 saturated carbocycles. The molecule has 0 spiro atoms. The van der Waals surface area contributed by atoms with Gasteiger partial charge in [0.2, 0.25) is 5.91 Å². The summed E-state index contributed by atoms with van der Waals surface area (Å²) >= 11 is 0. The predicted octanol–water partition coefficient (Wildman–Crippen LogP) is 3.38. The minimum absolute atomic E-state index is 0.0665. The first-order valence-corrected chi connectivity index (χ1v) is 10.5. The molecule has 1 fully saturated rings. The largest absolute Gasteiger partial charge is 0.480 e. The lowest BCUT2D eigenvalue weighted by Crippen LogP contribution is -2.54. The summed E-state index contributed by atoms with van der Waals surface area (Å²) in [4.78, 5) is 38.0. The highest BCUT2D eigenvalue weighted by Gasteiger charge is 2.54. The van der Waals surface area contributed by atoms with Gasteiger partial charge in [-0.2, -0.15) is 0 Å². The van der Waals surface area contributed by atoms with Crippen molar-refractivity contribution in [2.45, 2.75) is 43.7 Å². The average molecular weight is 422 g/mol. The number of carboxylic acid groups (broad SMARTS) is 1. The van der Waals surface area contributed by atoms with Gasteiger partial charge in [0.15, 0.2) is 0 Å². The molecule has 2 N–H and O–H groups in total. The van der Waals surface area contributed by atoms with E-state index in [0.29, 0.717) is 19.3 Å². The van der Waals surface area contributed by atoms with Crippen molar-refractivity contribution in [1.29, 1.82) is 0 Å². The van der Waals surface area contributed by atoms with Gasteiger partial charge in [-0.1, -0.05) is 55.5 Å². The Balaban J connectivity index is 1.42. The van der Waals surface area contributed by atoms with Gasteiger partial charge < -0.3 is 20.1 Å². The van der Waals surface area contributed by atoms with Crippen LogP contribution in [0.3, 0.4) is 0 Å². The van der Waals surface area contributed by atoms with E-state index in [4.69, 9.17) is 4.74 Å². The van der Waals surface area contributed by atoms with Crippen LogP contribution in [0.5, 0.6) is 0 Å². The number of carboxylic acids is 1. The number of carbonyl (C=O) groups is 3. The van der Waals surface area contributed by atoms with Crippen molar-refractivity contribution in [2.24, 2.45) is 0 Å². The number of nitrogens with zero attached hydrogens (tertiary/aromatic N) is 1. The van der Waals surface area contributed by atoms with Gasteiger partial charge in [0.05, 0.1) is 0 Å². The molecule has 0 bridgehead atoms. The lowest BCUT2D eigenvalue weighted by molar-refractivity contribution is -0.150. The van der Waals surface area contributed by atoms with Crippen LogP contribution in [0.15, 0.2) is 48.5 Å². The number of hydrogen-bond acceptors (Lipinski definition) is 4. The highest BCUT2D eigenvalue weighted by Crippen LogP contribution is 2.44. The maximum absolute atomic E-state index is 12.8. The third-order valence-electron chi connectivity index (χ3n) is 6.30. The molecule has 162 valence electrons. The normalized spacial score (nSPS) is 16.6. The topological polar surface area (TPSA) is 95.9 Å². The lowest BCUT2D eigenvalue weighted by Gasteiger charge is -2.28. The summed E-state index contributed by atoms with van der Waals surface area (Å²) < 4.78 is 5.54. The van der Waals surface area contributed by atoms with Crippen LogP contribution < -0.4 is 5.32 Å². The summed E-state index contributed by atoms with van der Waals surface area (Å²) in [5, 5.41) is 12.0. The van der Waals surface area contributed by atoms with E-state index in [1.165, 1.54) is 11.9 Å². The van der Waals surface area contributed by atoms with Crippen molar-refractivity contribution in [3.63, 3.8) is 0 Å². The summed E-state index contributed by atoms with van der Waals surface area (Å²) in [6, 6.07) is 15.2. The SMILES string of the molecule is CCC(C(=O)O)N(C)C(=O)C1(NC(=O)OCC2c3ccccc3-c3ccccc32)CC1. The number of amides is 2. The van der Waals surface area contributed by atoms with E-state index in [9.17, 15) is 19.5 Å². The standard InChI is InChI=1S/C24H26N2O5/c1-3-20(21(27)28)26(2)22(29)24(12-13-24)25-23(30)31-14-19-17-10-6-4-8-15(17)16-9-5-7-11-18(16)19/h4-11,19-20H,3,12-14H2,1-2H3,(H,25,30)(H,27,28). The molecule has 0 aromatic heterocycles. The maximum atomic E-state index is 12.8. The van der Waals surface area contributed by atoms with Gasteiger partial charge in [0.1, 0.15) is 18.2 Å². The zero-order valence-corrected chi connectivity index (χ0v) is 17.6. The Morgan fingerprint density at radius 2 is 1.65 bits per heavy atom. The monoisotopic (exact) mass is 422 g/mol. The molecule has 31 heavy (non-hydrogen) atoms. The minimum Gasteiger partial charge on any atom is -0.480 e. The Labute approximate surface area is 181 Å². The Morgan fingerprint density at radius 1 is 1.10 bits per heavy atom. The molecule has 7 nitrogen and oxygen atoms in total. The second-order valence-electron chi connectivity index (χ2n) is 8.21. The molecule has 0 aliphatic heterocycles. The Bertz CT molecular complexity index is 985. The highest BCUT2D eigenvalue weighted by molar-refractivity contribution is 5.95. The first-order chi connectivity index (χ1) is 14.9. The Kier molecular flexibility index (Phi) is 5.43. The number of aliphatic carboxylic acids is 1. The average Bonchev–Trinajstić information content (AvgIpc) is 3.47. The lowest BCUT2D eigenvalue weighted by atomic mass is 9.98. The van der Waals surface area contributed by atoms with Gasteiger partial charge in [0.25, 0.3) is 0 Å². The molecule has 2 aliphatic rings. The van der Waals surface area contributed by atoms with Crippen molar-refractivity contribution in [3.05, 3.63) is 59.7 Å². The van der Waals surface area contributed by atoms with Crippen molar-refractivity contribution in [1.82, 2.24) is 10.2 Å². The molecule has 0 saturated heterocycles. The van der Waals surface area contributed by atoms with Gasteiger partial charge in [-0.05, 0) is 41.5 Å². The number of carbonyl (C=O) groups excluding carboxylic acids is 2. The number of alkyl carbamates (subject to hydrolysis) is 1. The third-order valence-corrected chi connectivity index (χ3v) is 6.30. The fraction of sp³-hybridized carbons (Fsp3) is 0.375. The molecule has 2 aromatic carbocycles. The van der Waals surface area contributed by atoms with Crippen molar-refractivity contribution >= 4 is 18.0 Å². The summed E-state index contributed by atoms with van der Waals surface area (Å²) in [7, 11) is 1.46. The fourth-order valence-electron chi connectivity index (χ4n) is 4.44. The van der Waals surface area contributed by atoms with E-state index in [2.05, 4.69) is 17.4 Å². The number of benzene rings is 2. The Hall–Kier alpha value is -3.35. The van der Waals surface area contributed by atoms with Crippen LogP contribution >= 0.6 is 0 Å². The van der Waals surface area contributed by atoms with Crippen molar-refractivity contribution in [3.8, 4) is 11.1 Å². The molecule has 2 aliphatic carbocycles. The molecule has 0 radical (unpaired) electrons. The summed E-state index contributed by atoms with van der Waals surface area (Å²) in [5.41, 5.74) is 3.44. The van der Waals surface area contributed by atoms with Gasteiger partial charge in [0, 0.05) is 13.0 Å². The van der Waals surface area contributed by atoms with Gasteiger partial charge >= 0.3 is 12.1 Å². The quantitative estimate of drug-likeness (QED) is 0.713. The van der Waals surface area contributed by atoms with Gasteiger partial charge in [-0.25, -0.2) is 9.59 Å². The molecule has 0 heterocycles. The van der Waals surface area contributed by atoms with E-state index in [0.717, 1.165) is 22.3 Å². The molecule has 7 heteroatoms. The minimum atomic E-state index is -1.07. The zero-order valence-electron chi connectivity index (χ0n) is 17.6. The first kappa shape index (κ1) is 20.9. The van der Waals surface area contributed by atoms with E-state index in [1.807, 2.05) is 36.4 Å². The third kappa shape index (κ3) is 3.76. The van der Waals surface area contributed by atoms with Crippen molar-refractivity contribution < 1.29 is 24.2 Å². The number of nitrogens with one attached hydrogen (secondary N) is 1. The van der Waals surface area contributed by atoms with Crippen LogP contribution in [-0.4, -0.2) is 53.2 Å². The number of likely N-dealkylation sites (N-methyl/N-ethyl adjacent to an activating group) is 1. The van der Waals surface area contributed by atoms with Crippen LogP contribution in [0.1, 0.15) is 43.2 Å². The van der Waals surface area contributed by atoms with E-state index < -0.39 is 29.6 Å². The number of hydrogen-bond donors (Lipinski definition) is 2. The van der Waals surface area contributed by atoms with Crippen LogP contribution in [-0.2, 0) is 14.3 Å². The second-order valence-corrected chi connectivity index (χ2v) is 8.21. The fourth-order valence-corrected chi connectivity index (χ4v) is 4.44. The van der Waals surface area contributed by atoms with E-state index in [1.54, 1.807) is 6.92 Å². The Morgan fingerprint density at radius 3 is 2.13 bits per heavy atom. The number of ether oxygens (including phenoxy) is 1. The summed E-state index contributed by atoms with van der Waals surface area (Å²) in [5.74, 6) is -1.52. The van der Waals surface area contributed by atoms with Crippen LogP contribution in [0.25, 0.3) is 11.1 Å². The highest BCUT2D eigenvalue weighted by atomic mass is 16.5. The van der Waals surface area contributed by atoms with Crippen LogP contribution in [0, 0.1) is 0 Å². The van der Waals surface area contributed by atoms with Gasteiger partial charge in [-0.15, -0.1) is 0 Å². The first-order valence-electron chi connectivity index (χ1n) is 10.5. The zero-order chi connectivity index (χ0) is 22.2. The van der Waals surface area contributed by atoms with Gasteiger partial charge in [-0.3, -0.25) is 4.79 Å². The smallest absolute Gasteiger partial charge is 0.408 e. The van der Waals surface area contributed by atoms with Crippen LogP contribution in [0.2, 0.25) is 0 Å². The van der Waals surface area contributed by atoms with E-state index in [-0.39, 0.29) is 12.5 Å². The second kappa shape index (κ2) is 8.06. The molecule has 2 amide bonds. The molecule has 1 unspecified atom stereocenters.